The molecule has 148 valence electrons. The number of aliphatic carboxylic acids is 1. The monoisotopic (exact) mass is 389 g/mol. The van der Waals surface area contributed by atoms with Crippen LogP contribution in [0.3, 0.4) is 0 Å². The highest BCUT2D eigenvalue weighted by Gasteiger charge is 2.37. The molecule has 1 aliphatic rings. The number of halogens is 1. The lowest BCUT2D eigenvalue weighted by Gasteiger charge is -2.25. The molecular weight excluding hydrogens is 369 g/mol. The van der Waals surface area contributed by atoms with E-state index in [1.165, 1.54) is 4.90 Å². The number of fused-ring (bicyclic) bond motifs is 1. The van der Waals surface area contributed by atoms with Crippen LogP contribution < -0.4 is 5.32 Å². The molecular formula is C19H20FN3O5. The second-order valence-corrected chi connectivity index (χ2v) is 6.69. The molecule has 1 fully saturated rings. The molecule has 0 saturated carbocycles. The van der Waals surface area contributed by atoms with E-state index in [1.807, 2.05) is 24.3 Å². The zero-order valence-corrected chi connectivity index (χ0v) is 15.0. The van der Waals surface area contributed by atoms with Crippen LogP contribution in [0.2, 0.25) is 0 Å². The number of amides is 2. The van der Waals surface area contributed by atoms with Crippen molar-refractivity contribution < 1.29 is 28.7 Å². The molecule has 3 rings (SSSR count). The van der Waals surface area contributed by atoms with Crippen LogP contribution in [0.1, 0.15) is 29.8 Å². The average Bonchev–Trinajstić information content (AvgIpc) is 3.32. The molecule has 1 aliphatic heterocycles. The Bertz CT molecular complexity index is 892. The molecule has 1 aromatic heterocycles. The second-order valence-electron chi connectivity index (χ2n) is 6.69. The molecule has 3 N–H and O–H groups in total. The molecule has 0 spiro atoms. The van der Waals surface area contributed by atoms with E-state index in [0.29, 0.717) is 25.1 Å². The van der Waals surface area contributed by atoms with Gasteiger partial charge in [0.15, 0.2) is 5.78 Å². The lowest BCUT2D eigenvalue weighted by atomic mass is 10.1. The fourth-order valence-corrected chi connectivity index (χ4v) is 3.41. The van der Waals surface area contributed by atoms with Gasteiger partial charge in [0, 0.05) is 17.4 Å². The van der Waals surface area contributed by atoms with E-state index >= 15 is 0 Å². The van der Waals surface area contributed by atoms with Gasteiger partial charge in [0.25, 0.3) is 5.91 Å². The summed E-state index contributed by atoms with van der Waals surface area (Å²) in [4.78, 5) is 52.4. The molecule has 2 aromatic rings. The summed E-state index contributed by atoms with van der Waals surface area (Å²) in [7, 11) is 0. The predicted molar refractivity (Wildman–Crippen MR) is 97.5 cm³/mol. The third-order valence-electron chi connectivity index (χ3n) is 4.79. The fraction of sp³-hybridized carbons (Fsp3) is 0.368. The zero-order chi connectivity index (χ0) is 20.3. The Labute approximate surface area is 159 Å². The molecule has 0 aliphatic carbocycles. The average molecular weight is 389 g/mol. The minimum absolute atomic E-state index is 0.336. The Morgan fingerprint density at radius 3 is 2.71 bits per heavy atom. The van der Waals surface area contributed by atoms with E-state index in [1.54, 1.807) is 6.07 Å². The first-order chi connectivity index (χ1) is 13.4. The highest BCUT2D eigenvalue weighted by atomic mass is 19.1. The van der Waals surface area contributed by atoms with Gasteiger partial charge in [0.1, 0.15) is 24.5 Å². The number of Topliss-reactive ketones (excluding diaryl/α,β-unsaturated/α-hetero) is 1. The highest BCUT2D eigenvalue weighted by molar-refractivity contribution is 6.01. The van der Waals surface area contributed by atoms with Crippen LogP contribution in [-0.4, -0.2) is 63.9 Å². The molecule has 0 radical (unpaired) electrons. The number of aromatic amines is 1. The quantitative estimate of drug-likeness (QED) is 0.659. The first-order valence-corrected chi connectivity index (χ1v) is 8.90. The van der Waals surface area contributed by atoms with E-state index in [9.17, 15) is 23.6 Å². The first-order valence-electron chi connectivity index (χ1n) is 8.90. The van der Waals surface area contributed by atoms with Crippen LogP contribution in [-0.2, 0) is 14.4 Å². The number of benzene rings is 1. The minimum atomic E-state index is -1.46. The van der Waals surface area contributed by atoms with Crippen molar-refractivity contribution in [1.82, 2.24) is 15.2 Å². The van der Waals surface area contributed by atoms with Crippen LogP contribution in [0.25, 0.3) is 10.9 Å². The maximum Gasteiger partial charge on any atom is 0.305 e. The smallest absolute Gasteiger partial charge is 0.305 e. The number of rotatable bonds is 7. The maximum absolute atomic E-state index is 12.9. The predicted octanol–water partition coefficient (Wildman–Crippen LogP) is 1.27. The van der Waals surface area contributed by atoms with E-state index in [0.717, 1.165) is 10.9 Å². The Kier molecular flexibility index (Phi) is 5.72. The van der Waals surface area contributed by atoms with Gasteiger partial charge in [-0.2, -0.15) is 0 Å². The summed E-state index contributed by atoms with van der Waals surface area (Å²) in [6, 6.07) is 6.77. The number of H-pyrrole nitrogens is 1. The summed E-state index contributed by atoms with van der Waals surface area (Å²) in [5, 5.41) is 12.0. The SMILES string of the molecule is O=C(O)CC(NC(=O)[C@@H]1CCCN1C(=O)c1cc2ccccc2[nH]1)C(=O)CF. The summed E-state index contributed by atoms with van der Waals surface area (Å²) >= 11 is 0. The van der Waals surface area contributed by atoms with Crippen molar-refractivity contribution in [3.05, 3.63) is 36.0 Å². The Hall–Kier alpha value is -3.23. The lowest BCUT2D eigenvalue weighted by molar-refractivity contribution is -0.140. The number of alkyl halides is 1. The number of carbonyl (C=O) groups is 4. The number of hydrogen-bond donors (Lipinski definition) is 3. The molecule has 8 nitrogen and oxygen atoms in total. The summed E-state index contributed by atoms with van der Waals surface area (Å²) in [5.41, 5.74) is 1.13. The number of aromatic nitrogens is 1. The van der Waals surface area contributed by atoms with E-state index in [2.05, 4.69) is 10.3 Å². The van der Waals surface area contributed by atoms with Gasteiger partial charge in [-0.3, -0.25) is 19.2 Å². The van der Waals surface area contributed by atoms with Gasteiger partial charge in [0.05, 0.1) is 6.42 Å². The summed E-state index contributed by atoms with van der Waals surface area (Å²) < 4.78 is 12.7. The number of hydrogen-bond acceptors (Lipinski definition) is 4. The Morgan fingerprint density at radius 1 is 1.29 bits per heavy atom. The van der Waals surface area contributed by atoms with Crippen LogP contribution in [0, 0.1) is 0 Å². The fourth-order valence-electron chi connectivity index (χ4n) is 3.41. The van der Waals surface area contributed by atoms with Crippen molar-refractivity contribution in [2.45, 2.75) is 31.3 Å². The summed E-state index contributed by atoms with van der Waals surface area (Å²) in [6.07, 6.45) is 0.253. The van der Waals surface area contributed by atoms with Crippen molar-refractivity contribution >= 4 is 34.5 Å². The van der Waals surface area contributed by atoms with Gasteiger partial charge >= 0.3 is 5.97 Å². The van der Waals surface area contributed by atoms with Crippen molar-refractivity contribution in [2.75, 3.05) is 13.2 Å². The van der Waals surface area contributed by atoms with E-state index in [4.69, 9.17) is 5.11 Å². The molecule has 9 heteroatoms. The van der Waals surface area contributed by atoms with Gasteiger partial charge in [-0.1, -0.05) is 18.2 Å². The number of nitrogens with one attached hydrogen (secondary N) is 2. The van der Waals surface area contributed by atoms with Crippen LogP contribution in [0.4, 0.5) is 4.39 Å². The summed E-state index contributed by atoms with van der Waals surface area (Å²) in [6.45, 7) is -1.02. The van der Waals surface area contributed by atoms with E-state index < -0.39 is 42.8 Å². The van der Waals surface area contributed by atoms with Crippen LogP contribution in [0.5, 0.6) is 0 Å². The third-order valence-corrected chi connectivity index (χ3v) is 4.79. The largest absolute Gasteiger partial charge is 0.481 e. The van der Waals surface area contributed by atoms with Gasteiger partial charge < -0.3 is 20.3 Å². The molecule has 1 unspecified atom stereocenters. The maximum atomic E-state index is 12.9. The number of ketones is 1. The zero-order valence-electron chi connectivity index (χ0n) is 15.0. The van der Waals surface area contributed by atoms with E-state index in [-0.39, 0.29) is 5.91 Å². The summed E-state index contributed by atoms with van der Waals surface area (Å²) in [5.74, 6) is -3.36. The van der Waals surface area contributed by atoms with Crippen molar-refractivity contribution in [3.8, 4) is 0 Å². The molecule has 1 aromatic carbocycles. The third kappa shape index (κ3) is 4.03. The highest BCUT2D eigenvalue weighted by Crippen LogP contribution is 2.22. The van der Waals surface area contributed by atoms with Gasteiger partial charge in [-0.05, 0) is 25.0 Å². The Morgan fingerprint density at radius 2 is 2.04 bits per heavy atom. The molecule has 1 saturated heterocycles. The number of carbonyl (C=O) groups excluding carboxylic acids is 3. The molecule has 28 heavy (non-hydrogen) atoms. The second kappa shape index (κ2) is 8.20. The Balaban J connectivity index is 1.75. The van der Waals surface area contributed by atoms with Crippen LogP contribution in [0.15, 0.2) is 30.3 Å². The van der Waals surface area contributed by atoms with Gasteiger partial charge in [0.2, 0.25) is 5.91 Å². The molecule has 2 atom stereocenters. The van der Waals surface area contributed by atoms with Gasteiger partial charge in [-0.15, -0.1) is 0 Å². The lowest BCUT2D eigenvalue weighted by Crippen LogP contribution is -2.51. The van der Waals surface area contributed by atoms with Crippen molar-refractivity contribution in [2.24, 2.45) is 0 Å². The number of carboxylic acid groups (broad SMARTS) is 1. The molecule has 2 heterocycles. The standard InChI is InChI=1S/C19H20FN3O5/c20-10-16(24)13(9-17(25)26)22-18(27)15-6-3-7-23(15)19(28)14-8-11-4-1-2-5-12(11)21-14/h1-2,4-5,8,13,15,21H,3,6-7,9-10H2,(H,22,27)(H,25,26)/t13?,15-/m0/s1. The molecule has 2 amide bonds. The minimum Gasteiger partial charge on any atom is -0.481 e. The number of likely N-dealkylation sites (tertiary alicyclic amines) is 1. The number of carboxylic acids is 1. The number of nitrogens with zero attached hydrogens (tertiary/aromatic N) is 1. The normalized spacial score (nSPS) is 17.5. The van der Waals surface area contributed by atoms with Crippen molar-refractivity contribution in [3.63, 3.8) is 0 Å². The first kappa shape index (κ1) is 19.5. The molecule has 0 bridgehead atoms. The van der Waals surface area contributed by atoms with Gasteiger partial charge in [-0.25, -0.2) is 4.39 Å². The topological polar surface area (TPSA) is 120 Å². The van der Waals surface area contributed by atoms with Crippen molar-refractivity contribution in [1.29, 1.82) is 0 Å². The number of para-hydroxylation sites is 1. The van der Waals surface area contributed by atoms with Crippen LogP contribution >= 0.6 is 0 Å².